The minimum absolute atomic E-state index is 0.445. The van der Waals surface area contributed by atoms with Crippen molar-refractivity contribution in [3.8, 4) is 0 Å². The minimum Gasteiger partial charge on any atom is -0.328 e. The van der Waals surface area contributed by atoms with Crippen LogP contribution in [-0.2, 0) is 4.84 Å². The summed E-state index contributed by atoms with van der Waals surface area (Å²) in [4.78, 5) is 21.7. The molecule has 0 fully saturated rings. The summed E-state index contributed by atoms with van der Waals surface area (Å²) in [5, 5.41) is 22.2. The third kappa shape index (κ3) is 23.8. The van der Waals surface area contributed by atoms with E-state index in [0.29, 0.717) is 6.42 Å². The molecule has 0 heterocycles. The fourth-order valence-corrected chi connectivity index (χ4v) is 0.185. The second kappa shape index (κ2) is 7.47. The minimum atomic E-state index is -1.50. The van der Waals surface area contributed by atoms with Gasteiger partial charge in [-0.05, 0) is 6.42 Å². The van der Waals surface area contributed by atoms with Crippen molar-refractivity contribution in [1.29, 1.82) is 0 Å². The van der Waals surface area contributed by atoms with Gasteiger partial charge < -0.3 is 10.9 Å². The molecule has 0 rings (SSSR count). The van der Waals surface area contributed by atoms with Gasteiger partial charge in [-0.1, -0.05) is 6.92 Å². The van der Waals surface area contributed by atoms with Crippen LogP contribution in [0.2, 0.25) is 0 Å². The normalized spacial score (nSPS) is 10.5. The number of hydrogen-bond acceptors (Lipinski definition) is 6. The van der Waals surface area contributed by atoms with Crippen molar-refractivity contribution in [1.82, 2.24) is 0 Å². The predicted octanol–water partition coefficient (Wildman–Crippen LogP) is -0.458. The van der Waals surface area contributed by atoms with Gasteiger partial charge in [0.1, 0.15) is 0 Å². The lowest BCUT2D eigenvalue weighted by Crippen LogP contribution is -2.25. The highest BCUT2D eigenvalue weighted by Crippen LogP contribution is 1.86. The summed E-state index contributed by atoms with van der Waals surface area (Å²) in [6.07, 6.45) is -0.328. The van der Waals surface area contributed by atoms with Gasteiger partial charge >= 0.3 is 0 Å². The molecule has 3 N–H and O–H groups in total. The molecular weight excluding hydrogens is 174 g/mol. The Labute approximate surface area is 66.9 Å². The molecule has 1 atom stereocenters. The fourth-order valence-electron chi connectivity index (χ4n) is 0.185. The van der Waals surface area contributed by atoms with Crippen LogP contribution >= 0.6 is 0 Å². The second-order valence-electron chi connectivity index (χ2n) is 1.51. The van der Waals surface area contributed by atoms with Crippen LogP contribution in [0.15, 0.2) is 0 Å². The lowest BCUT2D eigenvalue weighted by atomic mass is 10.5. The maximum atomic E-state index is 9.47. The van der Waals surface area contributed by atoms with E-state index in [1.165, 1.54) is 0 Å². The molecule has 0 aliphatic heterocycles. The quantitative estimate of drug-likeness (QED) is 0.342. The van der Waals surface area contributed by atoms with Crippen LogP contribution in [0.4, 0.5) is 0 Å². The molecule has 1 unspecified atom stereocenters. The molecular formula is C3H9N3O6. The van der Waals surface area contributed by atoms with E-state index in [1.807, 2.05) is 0 Å². The Hall–Kier alpha value is -1.64. The van der Waals surface area contributed by atoms with Gasteiger partial charge in [-0.15, -0.1) is 20.2 Å². The first kappa shape index (κ1) is 13.0. The van der Waals surface area contributed by atoms with Crippen molar-refractivity contribution in [3.63, 3.8) is 0 Å². The van der Waals surface area contributed by atoms with Gasteiger partial charge in [0, 0.05) is 0 Å². The smallest absolute Gasteiger partial charge is 0.296 e. The molecule has 0 aliphatic carbocycles. The Morgan fingerprint density at radius 2 is 1.92 bits per heavy atom. The molecule has 0 amide bonds. The standard InChI is InChI=1S/C3H8N2O3.HNO3/c1-2-3(4)8-5(6)7;2-1(3)4/h3H,2,4H2,1H3;(H,2,3,4). The van der Waals surface area contributed by atoms with Crippen LogP contribution < -0.4 is 5.73 Å². The summed E-state index contributed by atoms with van der Waals surface area (Å²) >= 11 is 0. The predicted molar refractivity (Wildman–Crippen MR) is 35.1 cm³/mol. The average Bonchev–Trinajstić information content (AvgIpc) is 1.84. The zero-order valence-electron chi connectivity index (χ0n) is 6.24. The zero-order valence-corrected chi connectivity index (χ0v) is 6.24. The highest BCUT2D eigenvalue weighted by atomic mass is 17.0. The molecule has 0 aliphatic rings. The van der Waals surface area contributed by atoms with Crippen LogP contribution in [-0.4, -0.2) is 21.6 Å². The Kier molecular flexibility index (Phi) is 8.08. The summed E-state index contributed by atoms with van der Waals surface area (Å²) in [6.45, 7) is 1.70. The molecule has 0 aromatic carbocycles. The number of nitrogens with two attached hydrogens (primary N) is 1. The van der Waals surface area contributed by atoms with Gasteiger partial charge in [-0.3, -0.25) is 4.84 Å². The molecule has 72 valence electrons. The maximum Gasteiger partial charge on any atom is 0.296 e. The van der Waals surface area contributed by atoms with Crippen molar-refractivity contribution in [2.24, 2.45) is 5.73 Å². The first-order valence-corrected chi connectivity index (χ1v) is 2.80. The summed E-state index contributed by atoms with van der Waals surface area (Å²) in [7, 11) is 0. The van der Waals surface area contributed by atoms with Crippen LogP contribution in [0.3, 0.4) is 0 Å². The van der Waals surface area contributed by atoms with Crippen LogP contribution in [0, 0.1) is 20.2 Å². The van der Waals surface area contributed by atoms with Gasteiger partial charge in [0.25, 0.3) is 10.2 Å². The molecule has 9 heteroatoms. The molecule has 0 bridgehead atoms. The first-order chi connectivity index (χ1) is 5.40. The van der Waals surface area contributed by atoms with Crippen molar-refractivity contribution in [3.05, 3.63) is 20.2 Å². The number of rotatable bonds is 3. The first-order valence-electron chi connectivity index (χ1n) is 2.80. The Bertz CT molecular complexity index is 145. The van der Waals surface area contributed by atoms with E-state index in [2.05, 4.69) is 4.84 Å². The number of nitrogens with zero attached hydrogens (tertiary/aromatic N) is 2. The van der Waals surface area contributed by atoms with E-state index < -0.39 is 16.4 Å². The molecule has 0 saturated heterocycles. The number of hydrogen-bond donors (Lipinski definition) is 2. The lowest BCUT2D eigenvalue weighted by Gasteiger charge is -2.02. The molecule has 0 spiro atoms. The Balaban J connectivity index is 0. The summed E-state index contributed by atoms with van der Waals surface area (Å²) in [6, 6.07) is 0. The molecule has 0 aromatic rings. The monoisotopic (exact) mass is 183 g/mol. The third-order valence-corrected chi connectivity index (χ3v) is 0.624. The van der Waals surface area contributed by atoms with E-state index in [4.69, 9.17) is 21.1 Å². The van der Waals surface area contributed by atoms with E-state index in [-0.39, 0.29) is 0 Å². The van der Waals surface area contributed by atoms with Gasteiger partial charge in [0.05, 0.1) is 0 Å². The highest BCUT2D eigenvalue weighted by molar-refractivity contribution is 4.34. The van der Waals surface area contributed by atoms with Gasteiger partial charge in [-0.25, -0.2) is 0 Å². The Morgan fingerprint density at radius 3 is 2.00 bits per heavy atom. The summed E-state index contributed by atoms with van der Waals surface area (Å²) < 4.78 is 0. The molecule has 12 heavy (non-hydrogen) atoms. The van der Waals surface area contributed by atoms with Gasteiger partial charge in [0.15, 0.2) is 6.23 Å². The third-order valence-electron chi connectivity index (χ3n) is 0.624. The van der Waals surface area contributed by atoms with Gasteiger partial charge in [-0.2, -0.15) is 0 Å². The van der Waals surface area contributed by atoms with Crippen molar-refractivity contribution >= 4 is 0 Å². The Morgan fingerprint density at radius 1 is 1.58 bits per heavy atom. The van der Waals surface area contributed by atoms with Crippen LogP contribution in [0.5, 0.6) is 0 Å². The molecule has 9 nitrogen and oxygen atoms in total. The SMILES string of the molecule is CCC(N)O[N+](=O)[O-].O=[N+]([O-])O. The van der Waals surface area contributed by atoms with Crippen LogP contribution in [0.1, 0.15) is 13.3 Å². The topological polar surface area (TPSA) is 142 Å². The second-order valence-corrected chi connectivity index (χ2v) is 1.51. The van der Waals surface area contributed by atoms with Crippen molar-refractivity contribution < 1.29 is 20.2 Å². The van der Waals surface area contributed by atoms with E-state index in [0.717, 1.165) is 0 Å². The van der Waals surface area contributed by atoms with Crippen molar-refractivity contribution in [2.75, 3.05) is 0 Å². The average molecular weight is 183 g/mol. The lowest BCUT2D eigenvalue weighted by molar-refractivity contribution is -0.768. The molecule has 0 radical (unpaired) electrons. The van der Waals surface area contributed by atoms with Crippen LogP contribution in [0.25, 0.3) is 0 Å². The van der Waals surface area contributed by atoms with E-state index in [9.17, 15) is 10.1 Å². The maximum absolute atomic E-state index is 9.47. The van der Waals surface area contributed by atoms with Gasteiger partial charge in [0.2, 0.25) is 0 Å². The van der Waals surface area contributed by atoms with Crippen molar-refractivity contribution in [2.45, 2.75) is 19.6 Å². The highest BCUT2D eigenvalue weighted by Gasteiger charge is 2.01. The molecule has 0 saturated carbocycles. The summed E-state index contributed by atoms with van der Waals surface area (Å²) in [5.41, 5.74) is 5.01. The van der Waals surface area contributed by atoms with E-state index >= 15 is 0 Å². The van der Waals surface area contributed by atoms with E-state index in [1.54, 1.807) is 6.92 Å². The zero-order chi connectivity index (χ0) is 10.1. The largest absolute Gasteiger partial charge is 0.328 e. The summed E-state index contributed by atoms with van der Waals surface area (Å²) in [5.74, 6) is 0. The fraction of sp³-hybridized carbons (Fsp3) is 1.00. The molecule has 0 aromatic heterocycles.